The van der Waals surface area contributed by atoms with Gasteiger partial charge in [0.25, 0.3) is 11.8 Å². The van der Waals surface area contributed by atoms with Gasteiger partial charge in [0.1, 0.15) is 17.9 Å². The first-order chi connectivity index (χ1) is 18.0. The lowest BCUT2D eigenvalue weighted by Gasteiger charge is -2.39. The number of ether oxygens (including phenoxy) is 1. The zero-order valence-electron chi connectivity index (χ0n) is 21.1. The Balaban J connectivity index is 1.19. The molecule has 0 aliphatic carbocycles. The Morgan fingerprint density at radius 1 is 1.03 bits per heavy atom. The quantitative estimate of drug-likeness (QED) is 0.568. The van der Waals surface area contributed by atoms with Gasteiger partial charge in [-0.05, 0) is 62.5 Å². The second-order valence-corrected chi connectivity index (χ2v) is 10.5. The number of likely N-dealkylation sites (tertiary alicyclic amines) is 1. The van der Waals surface area contributed by atoms with Gasteiger partial charge in [0, 0.05) is 24.1 Å². The number of nitrogens with zero attached hydrogens (tertiary/aromatic N) is 2. The van der Waals surface area contributed by atoms with Crippen LogP contribution in [0, 0.1) is 5.92 Å². The summed E-state index contributed by atoms with van der Waals surface area (Å²) in [7, 11) is 0. The summed E-state index contributed by atoms with van der Waals surface area (Å²) in [5.41, 5.74) is 2.03. The van der Waals surface area contributed by atoms with Crippen molar-refractivity contribution >= 4 is 17.7 Å². The van der Waals surface area contributed by atoms with Gasteiger partial charge in [-0.3, -0.25) is 24.6 Å². The van der Waals surface area contributed by atoms with Gasteiger partial charge in [-0.2, -0.15) is 13.2 Å². The molecule has 1 atom stereocenters. The van der Waals surface area contributed by atoms with E-state index in [4.69, 9.17) is 4.74 Å². The maximum absolute atomic E-state index is 13.2. The van der Waals surface area contributed by atoms with E-state index >= 15 is 0 Å². The number of carbonyl (C=O) groups excluding carboxylic acids is 3. The van der Waals surface area contributed by atoms with Gasteiger partial charge >= 0.3 is 6.18 Å². The lowest BCUT2D eigenvalue weighted by molar-refractivity contribution is -0.185. The number of imide groups is 1. The Hall–Kier alpha value is -3.40. The molecule has 0 unspecified atom stereocenters. The zero-order chi connectivity index (χ0) is 27.1. The van der Waals surface area contributed by atoms with Crippen molar-refractivity contribution in [1.29, 1.82) is 0 Å². The lowest BCUT2D eigenvalue weighted by atomic mass is 9.89. The molecular weight excluding hydrogens is 499 g/mol. The highest BCUT2D eigenvalue weighted by Gasteiger charge is 2.49. The van der Waals surface area contributed by atoms with Crippen molar-refractivity contribution in [1.82, 2.24) is 15.1 Å². The third-order valence-corrected chi connectivity index (χ3v) is 7.98. The molecular formula is C28H30F3N3O4. The third-order valence-electron chi connectivity index (χ3n) is 7.98. The summed E-state index contributed by atoms with van der Waals surface area (Å²) in [5, 5.41) is 2.34. The summed E-state index contributed by atoms with van der Waals surface area (Å²) in [6.45, 7) is 3.63. The number of nitrogens with one attached hydrogen (secondary N) is 1. The molecule has 2 saturated heterocycles. The van der Waals surface area contributed by atoms with Gasteiger partial charge in [0.15, 0.2) is 0 Å². The summed E-state index contributed by atoms with van der Waals surface area (Å²) >= 11 is 0. The van der Waals surface area contributed by atoms with E-state index in [2.05, 4.69) is 5.32 Å². The molecule has 10 heteroatoms. The smallest absolute Gasteiger partial charge is 0.391 e. The number of piperidine rings is 2. The number of amides is 3. The van der Waals surface area contributed by atoms with E-state index in [1.165, 1.54) is 4.90 Å². The number of fused-ring (bicyclic) bond motifs is 1. The Bertz CT molecular complexity index is 1240. The molecule has 3 heterocycles. The Labute approximate surface area is 218 Å². The van der Waals surface area contributed by atoms with Crippen LogP contribution < -0.4 is 10.1 Å². The maximum atomic E-state index is 13.2. The minimum atomic E-state index is -4.11. The first kappa shape index (κ1) is 26.2. The van der Waals surface area contributed by atoms with Crippen LogP contribution in [0.1, 0.15) is 59.7 Å². The number of alkyl halides is 3. The summed E-state index contributed by atoms with van der Waals surface area (Å²) in [4.78, 5) is 41.0. The van der Waals surface area contributed by atoms with E-state index < -0.39 is 23.5 Å². The fourth-order valence-corrected chi connectivity index (χ4v) is 5.47. The van der Waals surface area contributed by atoms with Gasteiger partial charge in [-0.25, -0.2) is 0 Å². The predicted molar refractivity (Wildman–Crippen MR) is 132 cm³/mol. The van der Waals surface area contributed by atoms with Crippen molar-refractivity contribution < 1.29 is 32.3 Å². The van der Waals surface area contributed by atoms with Gasteiger partial charge < -0.3 is 9.64 Å². The largest absolute Gasteiger partial charge is 0.489 e. The van der Waals surface area contributed by atoms with Gasteiger partial charge in [0.05, 0.1) is 12.5 Å². The SMILES string of the molecule is C[C@]1(N2Cc3c(OCc4ccc(CN5CCC(C(F)(F)F)CC5)cc4)cccc3C2=O)CCC(=O)NC1=O. The Morgan fingerprint density at radius 2 is 1.71 bits per heavy atom. The van der Waals surface area contributed by atoms with Crippen LogP contribution >= 0.6 is 0 Å². The molecule has 2 fully saturated rings. The van der Waals surface area contributed by atoms with Crippen molar-refractivity contribution in [2.75, 3.05) is 13.1 Å². The average Bonchev–Trinajstić information content (AvgIpc) is 3.23. The lowest BCUT2D eigenvalue weighted by Crippen LogP contribution is -2.61. The number of hydrogen-bond acceptors (Lipinski definition) is 5. The molecule has 202 valence electrons. The molecule has 0 spiro atoms. The highest BCUT2D eigenvalue weighted by molar-refractivity contribution is 6.07. The first-order valence-electron chi connectivity index (χ1n) is 12.8. The monoisotopic (exact) mass is 529 g/mol. The van der Waals surface area contributed by atoms with E-state index in [1.54, 1.807) is 25.1 Å². The molecule has 0 bridgehead atoms. The van der Waals surface area contributed by atoms with E-state index in [-0.39, 0.29) is 50.6 Å². The van der Waals surface area contributed by atoms with Gasteiger partial charge in [0.2, 0.25) is 5.91 Å². The average molecular weight is 530 g/mol. The first-order valence-corrected chi connectivity index (χ1v) is 12.8. The molecule has 0 radical (unpaired) electrons. The van der Waals surface area contributed by atoms with E-state index in [9.17, 15) is 27.6 Å². The summed E-state index contributed by atoms with van der Waals surface area (Å²) in [6, 6.07) is 13.0. The van der Waals surface area contributed by atoms with Crippen molar-refractivity contribution in [3.63, 3.8) is 0 Å². The van der Waals surface area contributed by atoms with E-state index in [0.29, 0.717) is 36.5 Å². The molecule has 0 aromatic heterocycles. The van der Waals surface area contributed by atoms with Crippen LogP contribution in [0.3, 0.4) is 0 Å². The summed E-state index contributed by atoms with van der Waals surface area (Å²) in [5.74, 6) is -1.71. The molecule has 1 N–H and O–H groups in total. The van der Waals surface area contributed by atoms with Crippen LogP contribution in [-0.4, -0.2) is 52.3 Å². The fraction of sp³-hybridized carbons (Fsp3) is 0.464. The van der Waals surface area contributed by atoms with Crippen LogP contribution in [0.2, 0.25) is 0 Å². The standard InChI is InChI=1S/C28H30F3N3O4/c1-27(12-9-24(35)32-26(27)37)34-16-22-21(25(34)36)3-2-4-23(22)38-17-19-7-5-18(6-8-19)15-33-13-10-20(11-14-33)28(29,30)31/h2-8,20H,9-17H2,1H3,(H,32,35,37)/t27-/m0/s1. The van der Waals surface area contributed by atoms with Crippen molar-refractivity contribution in [3.05, 3.63) is 64.7 Å². The van der Waals surface area contributed by atoms with Crippen molar-refractivity contribution in [2.45, 2.75) is 64.0 Å². The van der Waals surface area contributed by atoms with E-state index in [0.717, 1.165) is 11.1 Å². The van der Waals surface area contributed by atoms with Crippen LogP contribution in [0.25, 0.3) is 0 Å². The molecule has 3 amide bonds. The van der Waals surface area contributed by atoms with Crippen LogP contribution in [0.15, 0.2) is 42.5 Å². The molecule has 0 saturated carbocycles. The normalized spacial score (nSPS) is 22.9. The summed E-state index contributed by atoms with van der Waals surface area (Å²) in [6.07, 6.45) is -3.40. The predicted octanol–water partition coefficient (Wildman–Crippen LogP) is 4.19. The van der Waals surface area contributed by atoms with Crippen molar-refractivity contribution in [2.24, 2.45) is 5.92 Å². The minimum absolute atomic E-state index is 0.138. The molecule has 2 aromatic rings. The molecule has 2 aromatic carbocycles. The molecule has 38 heavy (non-hydrogen) atoms. The Morgan fingerprint density at radius 3 is 2.37 bits per heavy atom. The zero-order valence-corrected chi connectivity index (χ0v) is 21.1. The Kier molecular flexibility index (Phi) is 6.94. The van der Waals surface area contributed by atoms with E-state index in [1.807, 2.05) is 29.2 Å². The number of carbonyl (C=O) groups is 3. The number of halogens is 3. The van der Waals surface area contributed by atoms with Gasteiger partial charge in [-0.1, -0.05) is 30.3 Å². The maximum Gasteiger partial charge on any atom is 0.391 e. The number of benzene rings is 2. The highest BCUT2D eigenvalue weighted by Crippen LogP contribution is 2.38. The number of rotatable bonds is 6. The summed E-state index contributed by atoms with van der Waals surface area (Å²) < 4.78 is 44.8. The topological polar surface area (TPSA) is 79.0 Å². The van der Waals surface area contributed by atoms with Crippen LogP contribution in [0.5, 0.6) is 5.75 Å². The van der Waals surface area contributed by atoms with Gasteiger partial charge in [-0.15, -0.1) is 0 Å². The highest BCUT2D eigenvalue weighted by atomic mass is 19.4. The second-order valence-electron chi connectivity index (χ2n) is 10.5. The number of hydrogen-bond donors (Lipinski definition) is 1. The minimum Gasteiger partial charge on any atom is -0.489 e. The molecule has 3 aliphatic heterocycles. The fourth-order valence-electron chi connectivity index (χ4n) is 5.47. The van der Waals surface area contributed by atoms with Crippen LogP contribution in [-0.2, 0) is 29.3 Å². The third kappa shape index (κ3) is 5.14. The second kappa shape index (κ2) is 10.1. The molecule has 7 nitrogen and oxygen atoms in total. The molecule has 5 rings (SSSR count). The van der Waals surface area contributed by atoms with Crippen molar-refractivity contribution in [3.8, 4) is 5.75 Å². The molecule has 3 aliphatic rings. The van der Waals surface area contributed by atoms with Crippen LogP contribution in [0.4, 0.5) is 13.2 Å².